The molecule has 264 valence electrons. The van der Waals surface area contributed by atoms with Gasteiger partial charge in [0.2, 0.25) is 0 Å². The van der Waals surface area contributed by atoms with Crippen LogP contribution in [0.15, 0.2) is 199 Å². The minimum atomic E-state index is 0.0987. The normalized spacial score (nSPS) is 13.6. The smallest absolute Gasteiger partial charge is 0.164 e. The largest absolute Gasteiger partial charge is 0.250 e. The molecule has 0 aliphatic carbocycles. The van der Waals surface area contributed by atoms with Crippen LogP contribution in [0, 0.1) is 0 Å². The summed E-state index contributed by atoms with van der Waals surface area (Å²) in [5.74, 6) is 2.04. The van der Waals surface area contributed by atoms with Crippen LogP contribution >= 0.6 is 0 Å². The molecule has 56 heavy (non-hydrogen) atoms. The second-order valence-electron chi connectivity index (χ2n) is 14.1. The molecule has 2 aromatic heterocycles. The maximum absolute atomic E-state index is 5.36. The van der Waals surface area contributed by atoms with Gasteiger partial charge < -0.3 is 0 Å². The van der Waals surface area contributed by atoms with Crippen LogP contribution in [0.3, 0.4) is 0 Å². The first-order chi connectivity index (χ1) is 27.7. The van der Waals surface area contributed by atoms with E-state index in [1.807, 2.05) is 66.7 Å². The fourth-order valence-corrected chi connectivity index (χ4v) is 7.64. The van der Waals surface area contributed by atoms with Gasteiger partial charge in [-0.15, -0.1) is 0 Å². The van der Waals surface area contributed by atoms with Gasteiger partial charge in [-0.05, 0) is 33.9 Å². The van der Waals surface area contributed by atoms with Crippen molar-refractivity contribution in [2.75, 3.05) is 0 Å². The Hall–Kier alpha value is -7.37. The summed E-state index contributed by atoms with van der Waals surface area (Å²) < 4.78 is 0. The molecular weight excluding hydrogens is 683 g/mol. The first-order valence-corrected chi connectivity index (χ1v) is 18.9. The van der Waals surface area contributed by atoms with E-state index >= 15 is 0 Å². The molecule has 10 rings (SSSR count). The Bertz CT molecular complexity index is 2800. The summed E-state index contributed by atoms with van der Waals surface area (Å²) in [5.41, 5.74) is 13.7. The van der Waals surface area contributed by atoms with Crippen molar-refractivity contribution in [3.63, 3.8) is 0 Å². The van der Waals surface area contributed by atoms with Crippen LogP contribution in [-0.4, -0.2) is 25.6 Å². The van der Waals surface area contributed by atoms with Crippen molar-refractivity contribution in [3.8, 4) is 56.5 Å². The molecule has 0 saturated carbocycles. The van der Waals surface area contributed by atoms with Gasteiger partial charge in [-0.3, -0.25) is 4.99 Å². The summed E-state index contributed by atoms with van der Waals surface area (Å²) in [6.07, 6.45) is 0.788. The van der Waals surface area contributed by atoms with Crippen molar-refractivity contribution in [2.24, 2.45) is 4.99 Å². The van der Waals surface area contributed by atoms with Crippen molar-refractivity contribution in [1.82, 2.24) is 19.9 Å². The van der Waals surface area contributed by atoms with E-state index in [1.54, 1.807) is 0 Å². The maximum Gasteiger partial charge on any atom is 0.164 e. The average molecular weight is 718 g/mol. The number of rotatable bonds is 7. The number of nitrogens with zero attached hydrogens (tertiary/aromatic N) is 5. The molecule has 7 aromatic carbocycles. The van der Waals surface area contributed by atoms with Crippen LogP contribution < -0.4 is 0 Å². The SMILES string of the molecule is c1ccc(C2=Nc3c(ccc4ccc(-c5ccccc5)nc34)[C@@H](c3cccc(-c4ccc(-c5nc(-c6ccccc6)nc(-c6ccccc6)n5)cc4)c3)C2)cc1. The molecule has 3 heterocycles. The molecular formula is C51H35N5. The molecule has 1 aliphatic heterocycles. The van der Waals surface area contributed by atoms with Crippen molar-refractivity contribution < 1.29 is 0 Å². The molecule has 9 aromatic rings. The van der Waals surface area contributed by atoms with E-state index in [9.17, 15) is 0 Å². The molecule has 0 amide bonds. The highest BCUT2D eigenvalue weighted by molar-refractivity contribution is 6.07. The molecule has 1 aliphatic rings. The molecule has 0 N–H and O–H groups in total. The first kappa shape index (κ1) is 33.2. The van der Waals surface area contributed by atoms with Gasteiger partial charge in [0.25, 0.3) is 0 Å². The van der Waals surface area contributed by atoms with Crippen molar-refractivity contribution in [3.05, 3.63) is 211 Å². The predicted molar refractivity (Wildman–Crippen MR) is 228 cm³/mol. The van der Waals surface area contributed by atoms with Gasteiger partial charge in [0.05, 0.1) is 16.9 Å². The third-order valence-corrected chi connectivity index (χ3v) is 10.5. The van der Waals surface area contributed by atoms with E-state index in [2.05, 4.69) is 127 Å². The lowest BCUT2D eigenvalue weighted by Crippen LogP contribution is -2.15. The van der Waals surface area contributed by atoms with Crippen molar-refractivity contribution in [2.45, 2.75) is 12.3 Å². The molecule has 0 fully saturated rings. The summed E-state index contributed by atoms with van der Waals surface area (Å²) >= 11 is 0. The highest BCUT2D eigenvalue weighted by Gasteiger charge is 2.27. The van der Waals surface area contributed by atoms with Gasteiger partial charge in [0.1, 0.15) is 0 Å². The molecule has 1 atom stereocenters. The van der Waals surface area contributed by atoms with E-state index in [0.29, 0.717) is 17.5 Å². The zero-order chi connectivity index (χ0) is 37.3. The van der Waals surface area contributed by atoms with E-state index in [0.717, 1.165) is 73.4 Å². The van der Waals surface area contributed by atoms with Gasteiger partial charge in [-0.25, -0.2) is 19.9 Å². The van der Waals surface area contributed by atoms with Crippen LogP contribution in [0.5, 0.6) is 0 Å². The highest BCUT2D eigenvalue weighted by Crippen LogP contribution is 2.44. The Kier molecular flexibility index (Phi) is 8.58. The van der Waals surface area contributed by atoms with Crippen LogP contribution in [-0.2, 0) is 0 Å². The summed E-state index contributed by atoms with van der Waals surface area (Å²) in [6, 6.07) is 67.3. The Labute approximate surface area is 325 Å². The number of pyridine rings is 1. The van der Waals surface area contributed by atoms with Crippen LogP contribution in [0.25, 0.3) is 67.5 Å². The summed E-state index contributed by atoms with van der Waals surface area (Å²) in [6.45, 7) is 0. The van der Waals surface area contributed by atoms with Gasteiger partial charge in [-0.2, -0.15) is 0 Å². The highest BCUT2D eigenvalue weighted by atomic mass is 15.0. The Morgan fingerprint density at radius 1 is 0.375 bits per heavy atom. The topological polar surface area (TPSA) is 63.9 Å². The number of aliphatic imine (C=N–C) groups is 1. The molecule has 0 saturated heterocycles. The molecule has 0 spiro atoms. The summed E-state index contributed by atoms with van der Waals surface area (Å²) in [7, 11) is 0. The second-order valence-corrected chi connectivity index (χ2v) is 14.1. The van der Waals surface area contributed by atoms with E-state index < -0.39 is 0 Å². The van der Waals surface area contributed by atoms with Gasteiger partial charge in [0.15, 0.2) is 17.5 Å². The maximum atomic E-state index is 5.36. The number of aromatic nitrogens is 4. The number of fused-ring (bicyclic) bond motifs is 3. The lowest BCUT2D eigenvalue weighted by atomic mass is 9.81. The molecule has 5 heteroatoms. The summed E-state index contributed by atoms with van der Waals surface area (Å²) in [5, 5.41) is 1.08. The third kappa shape index (κ3) is 6.46. The fraction of sp³-hybridized carbons (Fsp3) is 0.0392. The quantitative estimate of drug-likeness (QED) is 0.165. The number of hydrogen-bond acceptors (Lipinski definition) is 5. The molecule has 5 nitrogen and oxygen atoms in total. The van der Waals surface area contributed by atoms with Crippen LogP contribution in [0.1, 0.15) is 29.0 Å². The third-order valence-electron chi connectivity index (χ3n) is 10.5. The Morgan fingerprint density at radius 2 is 0.875 bits per heavy atom. The second kappa shape index (κ2) is 14.5. The first-order valence-electron chi connectivity index (χ1n) is 18.9. The summed E-state index contributed by atoms with van der Waals surface area (Å²) in [4.78, 5) is 25.3. The molecule has 0 unspecified atom stereocenters. The van der Waals surface area contributed by atoms with Crippen molar-refractivity contribution >= 4 is 22.3 Å². The fourth-order valence-electron chi connectivity index (χ4n) is 7.64. The van der Waals surface area contributed by atoms with Crippen molar-refractivity contribution in [1.29, 1.82) is 0 Å². The average Bonchev–Trinajstić information content (AvgIpc) is 3.29. The molecule has 0 radical (unpaired) electrons. The molecule has 0 bridgehead atoms. The zero-order valence-corrected chi connectivity index (χ0v) is 30.5. The van der Waals surface area contributed by atoms with E-state index in [4.69, 9.17) is 24.9 Å². The lowest BCUT2D eigenvalue weighted by Gasteiger charge is -2.27. The predicted octanol–water partition coefficient (Wildman–Crippen LogP) is 12.4. The minimum absolute atomic E-state index is 0.0987. The van der Waals surface area contributed by atoms with Crippen LogP contribution in [0.4, 0.5) is 5.69 Å². The standard InChI is InChI=1S/C51H35N5/c1-5-14-35(15-6-1)45-31-29-37-28-30-43-44(33-46(36-16-7-2-8-17-36)53-48(43)47(37)52-45)42-23-13-22-41(32-42)34-24-26-40(27-25-34)51-55-49(38-18-9-3-10-19-38)54-50(56-51)39-20-11-4-12-21-39/h1-32,44H,33H2/t44-/m1/s1. The zero-order valence-electron chi connectivity index (χ0n) is 30.5. The number of hydrogen-bond donors (Lipinski definition) is 0. The van der Waals surface area contributed by atoms with Crippen LogP contribution in [0.2, 0.25) is 0 Å². The monoisotopic (exact) mass is 717 g/mol. The van der Waals surface area contributed by atoms with Gasteiger partial charge in [-0.1, -0.05) is 188 Å². The minimum Gasteiger partial charge on any atom is -0.250 e. The van der Waals surface area contributed by atoms with Gasteiger partial charge >= 0.3 is 0 Å². The number of benzene rings is 7. The van der Waals surface area contributed by atoms with E-state index in [1.165, 1.54) is 11.1 Å². The Balaban J connectivity index is 1.03. The Morgan fingerprint density at radius 3 is 1.48 bits per heavy atom. The van der Waals surface area contributed by atoms with E-state index in [-0.39, 0.29) is 5.92 Å². The van der Waals surface area contributed by atoms with Gasteiger partial charge in [0, 0.05) is 45.7 Å². The lowest BCUT2D eigenvalue weighted by molar-refractivity contribution is 0.842.